The normalized spacial score (nSPS) is 21.2. The molecule has 1 unspecified atom stereocenters. The zero-order valence-corrected chi connectivity index (χ0v) is 10.9. The zero-order chi connectivity index (χ0) is 12.1. The van der Waals surface area contributed by atoms with Crippen molar-refractivity contribution < 1.29 is 0 Å². The molecule has 1 atom stereocenters. The molecule has 1 N–H and O–H groups in total. The van der Waals surface area contributed by atoms with E-state index in [4.69, 9.17) is 0 Å². The van der Waals surface area contributed by atoms with Crippen molar-refractivity contribution in [3.63, 3.8) is 0 Å². The van der Waals surface area contributed by atoms with Gasteiger partial charge < -0.3 is 9.88 Å². The second-order valence-electron chi connectivity index (χ2n) is 4.73. The fourth-order valence-electron chi connectivity index (χ4n) is 2.44. The van der Waals surface area contributed by atoms with Crippen LogP contribution < -0.4 is 5.32 Å². The van der Waals surface area contributed by atoms with Crippen LogP contribution in [-0.2, 0) is 13.1 Å². The third kappa shape index (κ3) is 3.26. The number of nitrogens with zero attached hydrogens (tertiary/aromatic N) is 4. The Balaban J connectivity index is 1.81. The van der Waals surface area contributed by atoms with Crippen LogP contribution in [0.1, 0.15) is 26.1 Å². The average molecular weight is 237 g/mol. The van der Waals surface area contributed by atoms with Crippen LogP contribution in [0.3, 0.4) is 0 Å². The lowest BCUT2D eigenvalue weighted by Crippen LogP contribution is -2.27. The van der Waals surface area contributed by atoms with E-state index in [1.54, 1.807) is 0 Å². The SMILES string of the molecule is CCNCC1CCN(Cc2nncn2CC)C1. The second-order valence-corrected chi connectivity index (χ2v) is 4.73. The van der Waals surface area contributed by atoms with Gasteiger partial charge in [-0.1, -0.05) is 6.92 Å². The summed E-state index contributed by atoms with van der Waals surface area (Å²) in [6, 6.07) is 0. The van der Waals surface area contributed by atoms with E-state index >= 15 is 0 Å². The summed E-state index contributed by atoms with van der Waals surface area (Å²) < 4.78 is 2.12. The van der Waals surface area contributed by atoms with Gasteiger partial charge in [0.05, 0.1) is 6.54 Å². The van der Waals surface area contributed by atoms with E-state index in [0.717, 1.165) is 37.9 Å². The molecule has 1 fully saturated rings. The fraction of sp³-hybridized carbons (Fsp3) is 0.833. The highest BCUT2D eigenvalue weighted by Gasteiger charge is 2.23. The van der Waals surface area contributed by atoms with E-state index < -0.39 is 0 Å². The van der Waals surface area contributed by atoms with Crippen molar-refractivity contribution in [2.24, 2.45) is 5.92 Å². The number of hydrogen-bond acceptors (Lipinski definition) is 4. The van der Waals surface area contributed by atoms with Crippen molar-refractivity contribution in [2.75, 3.05) is 26.2 Å². The summed E-state index contributed by atoms with van der Waals surface area (Å²) in [5.74, 6) is 1.89. The van der Waals surface area contributed by atoms with Crippen LogP contribution in [0.4, 0.5) is 0 Å². The second kappa shape index (κ2) is 6.12. The van der Waals surface area contributed by atoms with Crippen LogP contribution in [0.5, 0.6) is 0 Å². The van der Waals surface area contributed by atoms with Gasteiger partial charge in [-0.25, -0.2) is 0 Å². The maximum atomic E-state index is 4.19. The molecule has 0 radical (unpaired) electrons. The minimum Gasteiger partial charge on any atom is -0.317 e. The highest BCUT2D eigenvalue weighted by molar-refractivity contribution is 4.88. The Hall–Kier alpha value is -0.940. The zero-order valence-electron chi connectivity index (χ0n) is 10.9. The Morgan fingerprint density at radius 3 is 3.12 bits per heavy atom. The van der Waals surface area contributed by atoms with Crippen molar-refractivity contribution >= 4 is 0 Å². The molecular formula is C12H23N5. The summed E-state index contributed by atoms with van der Waals surface area (Å²) in [4.78, 5) is 2.48. The molecule has 5 heteroatoms. The van der Waals surface area contributed by atoms with Gasteiger partial charge >= 0.3 is 0 Å². The van der Waals surface area contributed by atoms with Crippen molar-refractivity contribution in [1.29, 1.82) is 0 Å². The summed E-state index contributed by atoms with van der Waals surface area (Å²) >= 11 is 0. The molecule has 0 aliphatic carbocycles. The van der Waals surface area contributed by atoms with Crippen molar-refractivity contribution in [3.8, 4) is 0 Å². The first-order chi connectivity index (χ1) is 8.33. The van der Waals surface area contributed by atoms with Crippen molar-refractivity contribution in [1.82, 2.24) is 25.0 Å². The molecular weight excluding hydrogens is 214 g/mol. The lowest BCUT2D eigenvalue weighted by molar-refractivity contribution is 0.301. The van der Waals surface area contributed by atoms with Gasteiger partial charge in [0.1, 0.15) is 12.2 Å². The Bertz CT molecular complexity index is 335. The average Bonchev–Trinajstić information content (AvgIpc) is 2.96. The quantitative estimate of drug-likeness (QED) is 0.792. The molecule has 1 aromatic rings. The van der Waals surface area contributed by atoms with Crippen LogP contribution in [0, 0.1) is 5.92 Å². The van der Waals surface area contributed by atoms with Crippen LogP contribution in [0.25, 0.3) is 0 Å². The molecule has 0 amide bonds. The minimum atomic E-state index is 0.799. The Morgan fingerprint density at radius 2 is 2.35 bits per heavy atom. The Kier molecular flexibility index (Phi) is 4.50. The largest absolute Gasteiger partial charge is 0.317 e. The lowest BCUT2D eigenvalue weighted by atomic mass is 10.1. The topological polar surface area (TPSA) is 46.0 Å². The summed E-state index contributed by atoms with van der Waals surface area (Å²) in [6.07, 6.45) is 3.12. The molecule has 96 valence electrons. The van der Waals surface area contributed by atoms with Gasteiger partial charge in [-0.2, -0.15) is 0 Å². The molecule has 0 aromatic carbocycles. The molecule has 0 bridgehead atoms. The van der Waals surface area contributed by atoms with E-state index in [2.05, 4.69) is 38.8 Å². The van der Waals surface area contributed by atoms with Crippen LogP contribution in [-0.4, -0.2) is 45.8 Å². The Morgan fingerprint density at radius 1 is 1.47 bits per heavy atom. The van der Waals surface area contributed by atoms with Gasteiger partial charge in [0.15, 0.2) is 0 Å². The molecule has 17 heavy (non-hydrogen) atoms. The predicted molar refractivity (Wildman–Crippen MR) is 67.6 cm³/mol. The van der Waals surface area contributed by atoms with Crippen LogP contribution >= 0.6 is 0 Å². The molecule has 1 saturated heterocycles. The summed E-state index contributed by atoms with van der Waals surface area (Å²) in [5, 5.41) is 11.6. The number of nitrogens with one attached hydrogen (secondary N) is 1. The first kappa shape index (κ1) is 12.5. The van der Waals surface area contributed by atoms with Gasteiger partial charge in [0, 0.05) is 13.1 Å². The summed E-state index contributed by atoms with van der Waals surface area (Å²) in [6.45, 7) is 10.8. The van der Waals surface area contributed by atoms with E-state index in [1.807, 2.05) is 6.33 Å². The van der Waals surface area contributed by atoms with E-state index in [9.17, 15) is 0 Å². The van der Waals surface area contributed by atoms with Crippen LogP contribution in [0.2, 0.25) is 0 Å². The van der Waals surface area contributed by atoms with Crippen molar-refractivity contribution in [2.45, 2.75) is 33.4 Å². The van der Waals surface area contributed by atoms with Gasteiger partial charge in [0.25, 0.3) is 0 Å². The number of rotatable bonds is 6. The standard InChI is InChI=1S/C12H23N5/c1-3-13-7-11-5-6-16(8-11)9-12-15-14-10-17(12)4-2/h10-11,13H,3-9H2,1-2H3. The van der Waals surface area contributed by atoms with Gasteiger partial charge in [-0.15, -0.1) is 10.2 Å². The highest BCUT2D eigenvalue weighted by Crippen LogP contribution is 2.17. The van der Waals surface area contributed by atoms with Gasteiger partial charge in [-0.05, 0) is 38.9 Å². The maximum Gasteiger partial charge on any atom is 0.146 e. The molecule has 1 aliphatic rings. The third-order valence-electron chi connectivity index (χ3n) is 3.45. The monoisotopic (exact) mass is 237 g/mol. The first-order valence-corrected chi connectivity index (χ1v) is 6.63. The summed E-state index contributed by atoms with van der Waals surface area (Å²) in [5.41, 5.74) is 0. The number of aromatic nitrogens is 3. The Labute approximate surface area is 103 Å². The van der Waals surface area contributed by atoms with Gasteiger partial charge in [0.2, 0.25) is 0 Å². The third-order valence-corrected chi connectivity index (χ3v) is 3.45. The van der Waals surface area contributed by atoms with Gasteiger partial charge in [-0.3, -0.25) is 4.90 Å². The number of hydrogen-bond donors (Lipinski definition) is 1. The van der Waals surface area contributed by atoms with E-state index in [0.29, 0.717) is 0 Å². The predicted octanol–water partition coefficient (Wildman–Crippen LogP) is 0.729. The maximum absolute atomic E-state index is 4.19. The molecule has 2 rings (SSSR count). The van der Waals surface area contributed by atoms with E-state index in [1.165, 1.54) is 19.5 Å². The number of aryl methyl sites for hydroxylation is 1. The molecule has 1 aliphatic heterocycles. The summed E-state index contributed by atoms with van der Waals surface area (Å²) in [7, 11) is 0. The van der Waals surface area contributed by atoms with Crippen LogP contribution in [0.15, 0.2) is 6.33 Å². The van der Waals surface area contributed by atoms with E-state index in [-0.39, 0.29) is 0 Å². The lowest BCUT2D eigenvalue weighted by Gasteiger charge is -2.15. The molecule has 5 nitrogen and oxygen atoms in total. The number of likely N-dealkylation sites (tertiary alicyclic amines) is 1. The molecule has 0 spiro atoms. The highest BCUT2D eigenvalue weighted by atomic mass is 15.3. The molecule has 0 saturated carbocycles. The fourth-order valence-corrected chi connectivity index (χ4v) is 2.44. The molecule has 1 aromatic heterocycles. The van der Waals surface area contributed by atoms with Crippen molar-refractivity contribution in [3.05, 3.63) is 12.2 Å². The minimum absolute atomic E-state index is 0.799. The smallest absolute Gasteiger partial charge is 0.146 e. The first-order valence-electron chi connectivity index (χ1n) is 6.63. The molecule has 2 heterocycles.